The highest BCUT2D eigenvalue weighted by atomic mass is 32.2. The number of carbonyl (C=O) groups is 1. The van der Waals surface area contributed by atoms with Crippen molar-refractivity contribution in [1.29, 1.82) is 0 Å². The smallest absolute Gasteiger partial charge is 0.338 e. The van der Waals surface area contributed by atoms with Gasteiger partial charge in [0.1, 0.15) is 0 Å². The maximum atomic E-state index is 11.6. The second kappa shape index (κ2) is 8.47. The summed E-state index contributed by atoms with van der Waals surface area (Å²) in [4.78, 5) is 11.6. The first-order valence-electron chi connectivity index (χ1n) is 6.84. The number of hydrogen-bond acceptors (Lipinski definition) is 5. The number of benzene rings is 1. The fourth-order valence-electron chi connectivity index (χ4n) is 1.46. The molecule has 0 aliphatic carbocycles. The van der Waals surface area contributed by atoms with Crippen molar-refractivity contribution in [1.82, 2.24) is 0 Å². The van der Waals surface area contributed by atoms with Gasteiger partial charge in [-0.05, 0) is 55.1 Å². The van der Waals surface area contributed by atoms with E-state index in [1.807, 2.05) is 31.2 Å². The molecule has 0 amide bonds. The van der Waals surface area contributed by atoms with Crippen molar-refractivity contribution in [3.63, 3.8) is 0 Å². The summed E-state index contributed by atoms with van der Waals surface area (Å²) >= 11 is 3.57. The zero-order valence-corrected chi connectivity index (χ0v) is 14.4. The minimum absolute atomic E-state index is 0.265. The van der Waals surface area contributed by atoms with E-state index in [0.29, 0.717) is 22.7 Å². The van der Waals surface area contributed by atoms with Gasteiger partial charge >= 0.3 is 5.97 Å². The van der Waals surface area contributed by atoms with Gasteiger partial charge in [0.25, 0.3) is 0 Å². The minimum Gasteiger partial charge on any atom is -0.462 e. The number of esters is 1. The minimum atomic E-state index is -0.265. The number of hydrogen-bond donors (Lipinski definition) is 0. The van der Waals surface area contributed by atoms with Gasteiger partial charge in [-0.2, -0.15) is 0 Å². The third-order valence-electron chi connectivity index (χ3n) is 2.20. The van der Waals surface area contributed by atoms with Crippen LogP contribution in [0.3, 0.4) is 0 Å². The first kappa shape index (κ1) is 17.2. The van der Waals surface area contributed by atoms with Crippen LogP contribution < -0.4 is 3.71 Å². The maximum Gasteiger partial charge on any atom is 0.338 e. The molecule has 0 saturated carbocycles. The molecule has 0 spiro atoms. The Morgan fingerprint density at radius 3 is 2.00 bits per heavy atom. The van der Waals surface area contributed by atoms with Crippen LogP contribution >= 0.6 is 23.9 Å². The Hall–Kier alpha value is -0.810. The van der Waals surface area contributed by atoms with E-state index in [1.54, 1.807) is 23.9 Å². The molecular formula is C15H23NO2S2. The van der Waals surface area contributed by atoms with E-state index in [0.717, 1.165) is 5.69 Å². The topological polar surface area (TPSA) is 29.5 Å². The lowest BCUT2D eigenvalue weighted by molar-refractivity contribution is 0.0526. The third kappa shape index (κ3) is 5.67. The zero-order chi connectivity index (χ0) is 15.1. The molecule has 112 valence electrons. The van der Waals surface area contributed by atoms with Crippen molar-refractivity contribution >= 4 is 35.6 Å². The molecule has 3 nitrogen and oxygen atoms in total. The van der Waals surface area contributed by atoms with E-state index in [4.69, 9.17) is 4.74 Å². The summed E-state index contributed by atoms with van der Waals surface area (Å²) in [7, 11) is 0. The number of anilines is 1. The molecule has 5 heteroatoms. The predicted octanol–water partition coefficient (Wildman–Crippen LogP) is 4.78. The normalized spacial score (nSPS) is 10.9. The molecule has 0 unspecified atom stereocenters. The van der Waals surface area contributed by atoms with Gasteiger partial charge in [-0.3, -0.25) is 3.71 Å². The molecule has 20 heavy (non-hydrogen) atoms. The first-order chi connectivity index (χ1) is 9.43. The second-order valence-corrected chi connectivity index (χ2v) is 8.10. The van der Waals surface area contributed by atoms with Gasteiger partial charge < -0.3 is 4.74 Å². The van der Waals surface area contributed by atoms with Crippen molar-refractivity contribution in [2.45, 2.75) is 45.1 Å². The van der Waals surface area contributed by atoms with Crippen LogP contribution in [0.4, 0.5) is 5.69 Å². The molecule has 0 fully saturated rings. The van der Waals surface area contributed by atoms with Crippen LogP contribution in [0.25, 0.3) is 0 Å². The average Bonchev–Trinajstić information content (AvgIpc) is 2.37. The molecule has 0 aliphatic rings. The molecular weight excluding hydrogens is 290 g/mol. The zero-order valence-electron chi connectivity index (χ0n) is 12.8. The Morgan fingerprint density at radius 1 is 1.10 bits per heavy atom. The monoisotopic (exact) mass is 313 g/mol. The molecule has 0 N–H and O–H groups in total. The quantitative estimate of drug-likeness (QED) is 0.534. The van der Waals surface area contributed by atoms with Gasteiger partial charge in [0.15, 0.2) is 0 Å². The lowest BCUT2D eigenvalue weighted by Gasteiger charge is -2.25. The van der Waals surface area contributed by atoms with Crippen LogP contribution in [0.5, 0.6) is 0 Å². The van der Waals surface area contributed by atoms with Gasteiger partial charge in [0.2, 0.25) is 0 Å². The summed E-state index contributed by atoms with van der Waals surface area (Å²) in [5.74, 6) is -0.265. The summed E-state index contributed by atoms with van der Waals surface area (Å²) in [6.07, 6.45) is 0. The molecule has 0 saturated heterocycles. The Morgan fingerprint density at radius 2 is 1.60 bits per heavy atom. The fraction of sp³-hybridized carbons (Fsp3) is 0.533. The molecule has 1 aromatic carbocycles. The Balaban J connectivity index is 2.84. The fourth-order valence-corrected chi connectivity index (χ4v) is 3.95. The Labute approximate surface area is 130 Å². The Kier molecular flexibility index (Phi) is 7.30. The highest BCUT2D eigenvalue weighted by Gasteiger charge is 2.14. The van der Waals surface area contributed by atoms with Crippen molar-refractivity contribution < 1.29 is 9.53 Å². The summed E-state index contributed by atoms with van der Waals surface area (Å²) in [5, 5.41) is 1.01. The number of rotatable bonds is 7. The SMILES string of the molecule is CCOC(=O)c1ccc(N(SC(C)C)SC(C)C)cc1. The highest BCUT2D eigenvalue weighted by Crippen LogP contribution is 2.35. The summed E-state index contributed by atoms with van der Waals surface area (Å²) in [5.41, 5.74) is 1.69. The van der Waals surface area contributed by atoms with Crippen LogP contribution in [0.15, 0.2) is 24.3 Å². The third-order valence-corrected chi connectivity index (χ3v) is 4.37. The first-order valence-corrected chi connectivity index (χ1v) is 8.52. The van der Waals surface area contributed by atoms with Gasteiger partial charge in [-0.25, -0.2) is 4.79 Å². The Bertz CT molecular complexity index is 408. The molecule has 0 heterocycles. The molecule has 0 aliphatic heterocycles. The highest BCUT2D eigenvalue weighted by molar-refractivity contribution is 8.18. The van der Waals surface area contributed by atoms with E-state index in [2.05, 4.69) is 31.4 Å². The molecule has 1 rings (SSSR count). The van der Waals surface area contributed by atoms with Crippen LogP contribution in [0.1, 0.15) is 45.0 Å². The molecule has 0 bridgehead atoms. The van der Waals surface area contributed by atoms with Gasteiger partial charge in [-0.15, -0.1) is 0 Å². The van der Waals surface area contributed by atoms with Gasteiger partial charge in [-0.1, -0.05) is 27.7 Å². The van der Waals surface area contributed by atoms with Crippen LogP contribution in [-0.2, 0) is 4.74 Å². The molecule has 1 aromatic rings. The van der Waals surface area contributed by atoms with Crippen LogP contribution in [0.2, 0.25) is 0 Å². The largest absolute Gasteiger partial charge is 0.462 e. The second-order valence-electron chi connectivity index (χ2n) is 4.83. The van der Waals surface area contributed by atoms with E-state index in [1.165, 1.54) is 0 Å². The molecule has 0 aromatic heterocycles. The lowest BCUT2D eigenvalue weighted by Crippen LogP contribution is -2.12. The van der Waals surface area contributed by atoms with Crippen LogP contribution in [0, 0.1) is 0 Å². The van der Waals surface area contributed by atoms with Crippen molar-refractivity contribution in [3.05, 3.63) is 29.8 Å². The summed E-state index contributed by atoms with van der Waals surface area (Å²) < 4.78 is 7.21. The van der Waals surface area contributed by atoms with E-state index in [9.17, 15) is 4.79 Å². The summed E-state index contributed by atoms with van der Waals surface area (Å²) in [6.45, 7) is 10.9. The van der Waals surface area contributed by atoms with E-state index in [-0.39, 0.29) is 5.97 Å². The van der Waals surface area contributed by atoms with E-state index >= 15 is 0 Å². The predicted molar refractivity (Wildman–Crippen MR) is 90.3 cm³/mol. The maximum absolute atomic E-state index is 11.6. The number of nitrogens with zero attached hydrogens (tertiary/aromatic N) is 1. The van der Waals surface area contributed by atoms with Crippen molar-refractivity contribution in [2.75, 3.05) is 10.3 Å². The van der Waals surface area contributed by atoms with Gasteiger partial charge in [0.05, 0.1) is 17.9 Å². The van der Waals surface area contributed by atoms with E-state index < -0.39 is 0 Å². The molecule has 0 atom stereocenters. The van der Waals surface area contributed by atoms with Crippen molar-refractivity contribution in [2.24, 2.45) is 0 Å². The standard InChI is InChI=1S/C15H23NO2S2/c1-6-18-15(17)13-7-9-14(10-8-13)16(19-11(2)3)20-12(4)5/h7-12H,6H2,1-5H3. The number of ether oxygens (including phenoxy) is 1. The average molecular weight is 313 g/mol. The van der Waals surface area contributed by atoms with Gasteiger partial charge in [0, 0.05) is 10.5 Å². The number of carbonyl (C=O) groups excluding carboxylic acids is 1. The van der Waals surface area contributed by atoms with Crippen molar-refractivity contribution in [3.8, 4) is 0 Å². The van der Waals surface area contributed by atoms with Crippen LogP contribution in [-0.4, -0.2) is 23.1 Å². The molecule has 0 radical (unpaired) electrons. The lowest BCUT2D eigenvalue weighted by atomic mass is 10.2. The summed E-state index contributed by atoms with van der Waals surface area (Å²) in [6, 6.07) is 7.58.